The number of likely N-dealkylation sites (tertiary alicyclic amines) is 1. The van der Waals surface area contributed by atoms with Crippen LogP contribution in [0.15, 0.2) is 12.4 Å². The van der Waals surface area contributed by atoms with Gasteiger partial charge >= 0.3 is 0 Å². The van der Waals surface area contributed by atoms with E-state index in [-0.39, 0.29) is 0 Å². The number of nitrogens with zero attached hydrogens (tertiary/aromatic N) is 3. The molecule has 18 heavy (non-hydrogen) atoms. The summed E-state index contributed by atoms with van der Waals surface area (Å²) in [6.45, 7) is 5.73. The Hall–Kier alpha value is -1.36. The molecule has 0 amide bonds. The van der Waals surface area contributed by atoms with Crippen molar-refractivity contribution in [2.75, 3.05) is 37.3 Å². The fourth-order valence-corrected chi connectivity index (χ4v) is 2.38. The molecule has 1 aromatic rings. The molecule has 1 aromatic heterocycles. The number of hydrogen-bond acceptors (Lipinski definition) is 5. The van der Waals surface area contributed by atoms with E-state index in [1.54, 1.807) is 12.4 Å². The van der Waals surface area contributed by atoms with E-state index in [1.165, 1.54) is 32.4 Å². The summed E-state index contributed by atoms with van der Waals surface area (Å²) >= 11 is 0. The summed E-state index contributed by atoms with van der Waals surface area (Å²) in [5.74, 6) is 1.64. The van der Waals surface area contributed by atoms with E-state index >= 15 is 0 Å². The number of hydrogen-bond donors (Lipinski definition) is 2. The molecule has 0 radical (unpaired) electrons. The van der Waals surface area contributed by atoms with E-state index in [4.69, 9.17) is 0 Å². The van der Waals surface area contributed by atoms with Gasteiger partial charge in [-0.15, -0.1) is 0 Å². The zero-order chi connectivity index (χ0) is 12.8. The van der Waals surface area contributed by atoms with Crippen molar-refractivity contribution in [1.82, 2.24) is 14.9 Å². The minimum Gasteiger partial charge on any atom is -0.372 e. The second-order valence-electron chi connectivity index (χ2n) is 4.95. The van der Waals surface area contributed by atoms with Gasteiger partial charge in [0, 0.05) is 19.6 Å². The highest BCUT2D eigenvalue weighted by Crippen LogP contribution is 2.11. The topological polar surface area (TPSA) is 53.1 Å². The second kappa shape index (κ2) is 6.54. The van der Waals surface area contributed by atoms with E-state index in [1.807, 2.05) is 7.05 Å². The fourth-order valence-electron chi connectivity index (χ4n) is 2.38. The van der Waals surface area contributed by atoms with E-state index < -0.39 is 0 Å². The zero-order valence-electron chi connectivity index (χ0n) is 11.3. The van der Waals surface area contributed by atoms with Gasteiger partial charge in [0.05, 0.1) is 12.4 Å². The molecule has 0 aliphatic carbocycles. The summed E-state index contributed by atoms with van der Waals surface area (Å²) in [4.78, 5) is 11.1. The smallest absolute Gasteiger partial charge is 0.147 e. The molecule has 1 aliphatic heterocycles. The number of aromatic nitrogens is 2. The summed E-state index contributed by atoms with van der Waals surface area (Å²) < 4.78 is 0. The van der Waals surface area contributed by atoms with Crippen LogP contribution < -0.4 is 10.6 Å². The zero-order valence-corrected chi connectivity index (χ0v) is 11.3. The van der Waals surface area contributed by atoms with Gasteiger partial charge in [-0.05, 0) is 32.9 Å². The Morgan fingerprint density at radius 3 is 2.67 bits per heavy atom. The Kier molecular flexibility index (Phi) is 4.75. The highest BCUT2D eigenvalue weighted by Gasteiger charge is 2.13. The Morgan fingerprint density at radius 1 is 1.22 bits per heavy atom. The maximum atomic E-state index is 4.42. The van der Waals surface area contributed by atoms with Crippen LogP contribution >= 0.6 is 0 Å². The lowest BCUT2D eigenvalue weighted by Crippen LogP contribution is -2.38. The predicted octanol–water partition coefficient (Wildman–Crippen LogP) is 1.80. The molecular weight excluding hydrogens is 226 g/mol. The van der Waals surface area contributed by atoms with E-state index in [0.717, 1.165) is 18.2 Å². The van der Waals surface area contributed by atoms with Gasteiger partial charge in [0.15, 0.2) is 0 Å². The first-order valence-electron chi connectivity index (χ1n) is 6.76. The van der Waals surface area contributed by atoms with Crippen molar-refractivity contribution in [2.45, 2.75) is 32.2 Å². The van der Waals surface area contributed by atoms with E-state index in [0.29, 0.717) is 6.04 Å². The van der Waals surface area contributed by atoms with Gasteiger partial charge < -0.3 is 15.5 Å². The van der Waals surface area contributed by atoms with Gasteiger partial charge in [0.1, 0.15) is 11.6 Å². The average molecular weight is 249 g/mol. The number of nitrogens with one attached hydrogen (secondary N) is 2. The molecule has 1 saturated heterocycles. The van der Waals surface area contributed by atoms with Gasteiger partial charge in [0.25, 0.3) is 0 Å². The molecule has 1 fully saturated rings. The van der Waals surface area contributed by atoms with Gasteiger partial charge in [0.2, 0.25) is 0 Å². The van der Waals surface area contributed by atoms with Crippen molar-refractivity contribution in [1.29, 1.82) is 0 Å². The SMILES string of the molecule is CNc1cncc(NC(C)CN2CCCCC2)n1. The Morgan fingerprint density at radius 2 is 1.94 bits per heavy atom. The van der Waals surface area contributed by atoms with Gasteiger partial charge in [-0.2, -0.15) is 0 Å². The van der Waals surface area contributed by atoms with Crippen LogP contribution in [-0.2, 0) is 0 Å². The summed E-state index contributed by atoms with van der Waals surface area (Å²) in [7, 11) is 1.85. The molecule has 5 nitrogen and oxygen atoms in total. The molecule has 2 heterocycles. The monoisotopic (exact) mass is 249 g/mol. The van der Waals surface area contributed by atoms with Crippen LogP contribution in [-0.4, -0.2) is 47.6 Å². The second-order valence-corrected chi connectivity index (χ2v) is 4.95. The van der Waals surface area contributed by atoms with Crippen molar-refractivity contribution in [3.63, 3.8) is 0 Å². The number of anilines is 2. The highest BCUT2D eigenvalue weighted by atomic mass is 15.2. The van der Waals surface area contributed by atoms with Crippen LogP contribution in [0.2, 0.25) is 0 Å². The number of piperidine rings is 1. The van der Waals surface area contributed by atoms with Crippen molar-refractivity contribution < 1.29 is 0 Å². The van der Waals surface area contributed by atoms with Gasteiger partial charge in [-0.1, -0.05) is 6.42 Å². The normalized spacial score (nSPS) is 18.3. The third kappa shape index (κ3) is 3.84. The van der Waals surface area contributed by atoms with Gasteiger partial charge in [-0.25, -0.2) is 4.98 Å². The minimum absolute atomic E-state index is 0.393. The van der Waals surface area contributed by atoms with Crippen molar-refractivity contribution in [3.8, 4) is 0 Å². The molecule has 1 aliphatic rings. The summed E-state index contributed by atoms with van der Waals surface area (Å²) in [6.07, 6.45) is 7.55. The summed E-state index contributed by atoms with van der Waals surface area (Å²) in [5.41, 5.74) is 0. The van der Waals surface area contributed by atoms with Crippen LogP contribution in [0.3, 0.4) is 0 Å². The minimum atomic E-state index is 0.393. The molecule has 0 saturated carbocycles. The molecule has 5 heteroatoms. The quantitative estimate of drug-likeness (QED) is 0.833. The molecule has 0 aromatic carbocycles. The third-order valence-corrected chi connectivity index (χ3v) is 3.27. The summed E-state index contributed by atoms with van der Waals surface area (Å²) in [5, 5.41) is 6.41. The van der Waals surface area contributed by atoms with E-state index in [2.05, 4.69) is 32.4 Å². The van der Waals surface area contributed by atoms with Crippen molar-refractivity contribution in [2.24, 2.45) is 0 Å². The van der Waals surface area contributed by atoms with Crippen LogP contribution in [0.1, 0.15) is 26.2 Å². The highest BCUT2D eigenvalue weighted by molar-refractivity contribution is 5.41. The Labute approximate surface area is 109 Å². The third-order valence-electron chi connectivity index (χ3n) is 3.27. The summed E-state index contributed by atoms with van der Waals surface area (Å²) in [6, 6.07) is 0.393. The standard InChI is InChI=1S/C13H23N5/c1-11(10-18-6-4-3-5-7-18)16-13-9-15-8-12(14-2)17-13/h8-9,11H,3-7,10H2,1-2H3,(H2,14,16,17). The lowest BCUT2D eigenvalue weighted by atomic mass is 10.1. The molecule has 0 bridgehead atoms. The van der Waals surface area contributed by atoms with Crippen LogP contribution in [0, 0.1) is 0 Å². The lowest BCUT2D eigenvalue weighted by molar-refractivity contribution is 0.223. The van der Waals surface area contributed by atoms with E-state index in [9.17, 15) is 0 Å². The fraction of sp³-hybridized carbons (Fsp3) is 0.692. The Balaban J connectivity index is 1.83. The molecule has 2 rings (SSSR count). The van der Waals surface area contributed by atoms with Crippen LogP contribution in [0.25, 0.3) is 0 Å². The van der Waals surface area contributed by atoms with Crippen molar-refractivity contribution >= 4 is 11.6 Å². The predicted molar refractivity (Wildman–Crippen MR) is 75.0 cm³/mol. The molecule has 1 unspecified atom stereocenters. The number of rotatable bonds is 5. The maximum absolute atomic E-state index is 4.42. The van der Waals surface area contributed by atoms with Gasteiger partial charge in [-0.3, -0.25) is 4.98 Å². The Bertz CT molecular complexity index is 362. The molecule has 100 valence electrons. The average Bonchev–Trinajstić information content (AvgIpc) is 2.40. The lowest BCUT2D eigenvalue weighted by Gasteiger charge is -2.29. The first-order valence-corrected chi connectivity index (χ1v) is 6.76. The largest absolute Gasteiger partial charge is 0.372 e. The van der Waals surface area contributed by atoms with Crippen LogP contribution in [0.5, 0.6) is 0 Å². The molecular formula is C13H23N5. The van der Waals surface area contributed by atoms with Crippen molar-refractivity contribution in [3.05, 3.63) is 12.4 Å². The van der Waals surface area contributed by atoms with Crippen LogP contribution in [0.4, 0.5) is 11.6 Å². The maximum Gasteiger partial charge on any atom is 0.147 e. The first kappa shape index (κ1) is 13.1. The first-order chi connectivity index (χ1) is 8.78. The molecule has 0 spiro atoms. The molecule has 1 atom stereocenters. The molecule has 2 N–H and O–H groups in total.